The molecule has 5 nitrogen and oxygen atoms in total. The number of amidine groups is 1. The van der Waals surface area contributed by atoms with E-state index < -0.39 is 0 Å². The number of carbonyl (C=O) groups excluding carboxylic acids is 1. The quantitative estimate of drug-likeness (QED) is 0.212. The molecule has 0 aliphatic carbocycles. The van der Waals surface area contributed by atoms with Gasteiger partial charge in [-0.05, 0) is 98.8 Å². The Morgan fingerprint density at radius 2 is 1.76 bits per heavy atom. The van der Waals surface area contributed by atoms with Gasteiger partial charge in [0.1, 0.15) is 6.61 Å². The number of hydrogen-bond acceptors (Lipinski definition) is 5. The summed E-state index contributed by atoms with van der Waals surface area (Å²) >= 11 is 4.98. The predicted octanol–water partition coefficient (Wildman–Crippen LogP) is 8.03. The van der Waals surface area contributed by atoms with E-state index in [1.807, 2.05) is 67.6 Å². The summed E-state index contributed by atoms with van der Waals surface area (Å²) in [6, 6.07) is 26.3. The highest BCUT2D eigenvalue weighted by Crippen LogP contribution is 2.39. The number of rotatable bonds is 8. The average Bonchev–Trinajstić information content (AvgIpc) is 3.26. The van der Waals surface area contributed by atoms with Gasteiger partial charge in [-0.15, -0.1) is 0 Å². The van der Waals surface area contributed by atoms with E-state index in [-0.39, 0.29) is 5.91 Å². The van der Waals surface area contributed by atoms with E-state index in [2.05, 4.69) is 57.4 Å². The van der Waals surface area contributed by atoms with Crippen molar-refractivity contribution in [2.75, 3.05) is 6.61 Å². The second kappa shape index (κ2) is 11.9. The summed E-state index contributed by atoms with van der Waals surface area (Å²) in [5.41, 5.74) is 3.97. The number of halogens is 1. The zero-order valence-electron chi connectivity index (χ0n) is 21.2. The van der Waals surface area contributed by atoms with Gasteiger partial charge in [-0.25, -0.2) is 4.99 Å². The van der Waals surface area contributed by atoms with Crippen LogP contribution in [0.5, 0.6) is 11.5 Å². The molecule has 1 N–H and O–H groups in total. The summed E-state index contributed by atoms with van der Waals surface area (Å²) in [4.78, 5) is 17.8. The molecule has 192 valence electrons. The highest BCUT2D eigenvalue weighted by Gasteiger charge is 2.24. The van der Waals surface area contributed by atoms with Gasteiger partial charge in [-0.2, -0.15) is 0 Å². The lowest BCUT2D eigenvalue weighted by molar-refractivity contribution is -0.115. The predicted molar refractivity (Wildman–Crippen MR) is 160 cm³/mol. The van der Waals surface area contributed by atoms with Crippen molar-refractivity contribution in [2.45, 2.75) is 26.9 Å². The van der Waals surface area contributed by atoms with Gasteiger partial charge in [-0.1, -0.05) is 61.5 Å². The van der Waals surface area contributed by atoms with E-state index in [0.29, 0.717) is 34.8 Å². The fourth-order valence-electron chi connectivity index (χ4n) is 4.20. The summed E-state index contributed by atoms with van der Waals surface area (Å²) in [5.74, 6) is 1.06. The smallest absolute Gasteiger partial charge is 0.264 e. The number of fused-ring (bicyclic) bond motifs is 1. The maximum atomic E-state index is 12.7. The molecule has 1 aliphatic rings. The topological polar surface area (TPSA) is 59.9 Å². The SMILES string of the molecule is CCOc1cc(/C=C2\SC(=Nc3ccc(CC)cc3)NC2=O)cc(Br)c1OCc1cccc2ccccc12. The Morgan fingerprint density at radius 3 is 2.55 bits per heavy atom. The fourth-order valence-corrected chi connectivity index (χ4v) is 5.61. The van der Waals surface area contributed by atoms with Gasteiger partial charge < -0.3 is 14.8 Å². The van der Waals surface area contributed by atoms with Gasteiger partial charge in [-0.3, -0.25) is 4.79 Å². The molecule has 0 saturated carbocycles. The molecule has 0 spiro atoms. The lowest BCUT2D eigenvalue weighted by Crippen LogP contribution is -2.19. The zero-order chi connectivity index (χ0) is 26.5. The Bertz CT molecular complexity index is 1540. The van der Waals surface area contributed by atoms with Crippen LogP contribution >= 0.6 is 27.7 Å². The van der Waals surface area contributed by atoms with E-state index in [9.17, 15) is 4.79 Å². The number of hydrogen-bond donors (Lipinski definition) is 1. The number of amides is 1. The number of benzene rings is 4. The molecule has 4 aromatic rings. The molecular weight excluding hydrogens is 560 g/mol. The Labute approximate surface area is 235 Å². The van der Waals surface area contributed by atoms with Crippen molar-refractivity contribution in [3.8, 4) is 11.5 Å². The molecule has 1 amide bonds. The largest absolute Gasteiger partial charge is 0.490 e. The Kier molecular flexibility index (Phi) is 8.15. The lowest BCUT2D eigenvalue weighted by atomic mass is 10.1. The van der Waals surface area contributed by atoms with E-state index in [0.717, 1.165) is 33.1 Å². The van der Waals surface area contributed by atoms with Gasteiger partial charge in [0.15, 0.2) is 16.7 Å². The fraction of sp³-hybridized carbons (Fsp3) is 0.161. The molecule has 7 heteroatoms. The third-order valence-corrected chi connectivity index (χ3v) is 7.61. The van der Waals surface area contributed by atoms with Crippen LogP contribution in [0.2, 0.25) is 0 Å². The molecule has 0 atom stereocenters. The number of ether oxygens (including phenoxy) is 2. The molecule has 1 aliphatic heterocycles. The molecule has 0 bridgehead atoms. The Hall–Kier alpha value is -3.55. The number of nitrogens with one attached hydrogen (secondary N) is 1. The first-order valence-corrected chi connectivity index (χ1v) is 14.1. The molecule has 5 rings (SSSR count). The van der Waals surface area contributed by atoms with Gasteiger partial charge in [0.25, 0.3) is 5.91 Å². The van der Waals surface area contributed by atoms with Crippen LogP contribution in [0.1, 0.15) is 30.5 Å². The summed E-state index contributed by atoms with van der Waals surface area (Å²) in [6.07, 6.45) is 2.81. The molecule has 1 heterocycles. The highest BCUT2D eigenvalue weighted by atomic mass is 79.9. The summed E-state index contributed by atoms with van der Waals surface area (Å²) in [6.45, 7) is 4.94. The van der Waals surface area contributed by atoms with Crippen LogP contribution in [0.15, 0.2) is 93.2 Å². The summed E-state index contributed by atoms with van der Waals surface area (Å²) in [7, 11) is 0. The van der Waals surface area contributed by atoms with Crippen LogP contribution in [-0.2, 0) is 17.8 Å². The Morgan fingerprint density at radius 1 is 0.974 bits per heavy atom. The molecule has 1 saturated heterocycles. The highest BCUT2D eigenvalue weighted by molar-refractivity contribution is 9.10. The third-order valence-electron chi connectivity index (χ3n) is 6.11. The van der Waals surface area contributed by atoms with E-state index in [1.165, 1.54) is 22.7 Å². The first-order valence-electron chi connectivity index (χ1n) is 12.5. The van der Waals surface area contributed by atoms with Crippen LogP contribution < -0.4 is 14.8 Å². The van der Waals surface area contributed by atoms with Crippen molar-refractivity contribution < 1.29 is 14.3 Å². The van der Waals surface area contributed by atoms with Gasteiger partial charge >= 0.3 is 0 Å². The van der Waals surface area contributed by atoms with E-state index in [1.54, 1.807) is 0 Å². The van der Waals surface area contributed by atoms with Crippen LogP contribution in [-0.4, -0.2) is 17.7 Å². The average molecular weight is 588 g/mol. The van der Waals surface area contributed by atoms with Gasteiger partial charge in [0.2, 0.25) is 0 Å². The first-order chi connectivity index (χ1) is 18.5. The molecule has 1 fully saturated rings. The van der Waals surface area contributed by atoms with Crippen molar-refractivity contribution in [3.63, 3.8) is 0 Å². The van der Waals surface area contributed by atoms with Gasteiger partial charge in [0, 0.05) is 0 Å². The van der Waals surface area contributed by atoms with Crippen LogP contribution in [0.25, 0.3) is 16.8 Å². The van der Waals surface area contributed by atoms with Crippen molar-refractivity contribution in [2.24, 2.45) is 4.99 Å². The number of thioether (sulfide) groups is 1. The monoisotopic (exact) mass is 586 g/mol. The summed E-state index contributed by atoms with van der Waals surface area (Å²) < 4.78 is 12.9. The maximum absolute atomic E-state index is 12.7. The number of aliphatic imine (C=N–C) groups is 1. The molecule has 4 aromatic carbocycles. The second-order valence-electron chi connectivity index (χ2n) is 8.69. The second-order valence-corrected chi connectivity index (χ2v) is 10.6. The van der Waals surface area contributed by atoms with E-state index >= 15 is 0 Å². The van der Waals surface area contributed by atoms with Crippen LogP contribution in [0.3, 0.4) is 0 Å². The standard InChI is InChI=1S/C31H27BrN2O3S/c1-3-20-12-14-24(15-13-20)33-31-34-30(35)28(38-31)18-21-16-26(32)29(27(17-21)36-4-2)37-19-23-10-7-9-22-8-5-6-11-25(22)23/h5-18H,3-4,19H2,1-2H3,(H,33,34,35)/b28-18-. The first kappa shape index (κ1) is 26.1. The lowest BCUT2D eigenvalue weighted by Gasteiger charge is -2.15. The molecule has 38 heavy (non-hydrogen) atoms. The van der Waals surface area contributed by atoms with Crippen molar-refractivity contribution in [1.82, 2.24) is 5.32 Å². The normalized spacial score (nSPS) is 15.3. The van der Waals surface area contributed by atoms with Crippen molar-refractivity contribution >= 4 is 61.3 Å². The van der Waals surface area contributed by atoms with Crippen LogP contribution in [0.4, 0.5) is 5.69 Å². The minimum Gasteiger partial charge on any atom is -0.490 e. The molecule has 0 aromatic heterocycles. The summed E-state index contributed by atoms with van der Waals surface area (Å²) in [5, 5.41) is 5.75. The minimum atomic E-state index is -0.177. The molecule has 0 unspecified atom stereocenters. The van der Waals surface area contributed by atoms with Crippen molar-refractivity contribution in [3.05, 3.63) is 105 Å². The molecule has 0 radical (unpaired) electrons. The van der Waals surface area contributed by atoms with Crippen molar-refractivity contribution in [1.29, 1.82) is 0 Å². The number of nitrogens with zero attached hydrogens (tertiary/aromatic N) is 1. The van der Waals surface area contributed by atoms with Gasteiger partial charge in [0.05, 0.1) is 21.7 Å². The third kappa shape index (κ3) is 5.95. The van der Waals surface area contributed by atoms with Crippen LogP contribution in [0, 0.1) is 0 Å². The molecular formula is C31H27BrN2O3S. The Balaban J connectivity index is 1.37. The maximum Gasteiger partial charge on any atom is 0.264 e. The zero-order valence-corrected chi connectivity index (χ0v) is 23.6. The van der Waals surface area contributed by atoms with E-state index in [4.69, 9.17) is 9.47 Å². The minimum absolute atomic E-state index is 0.177. The number of carbonyl (C=O) groups is 1. The number of aryl methyl sites for hydroxylation is 1.